The van der Waals surface area contributed by atoms with Crippen molar-refractivity contribution in [3.05, 3.63) is 95.2 Å². The number of aryl methyl sites for hydroxylation is 1. The van der Waals surface area contributed by atoms with Crippen molar-refractivity contribution in [2.75, 3.05) is 11.9 Å². The van der Waals surface area contributed by atoms with Gasteiger partial charge in [-0.3, -0.25) is 19.3 Å². The Bertz CT molecular complexity index is 1070. The molecule has 6 heteroatoms. The fourth-order valence-corrected chi connectivity index (χ4v) is 3.35. The Labute approximate surface area is 168 Å². The fourth-order valence-electron chi connectivity index (χ4n) is 3.35. The summed E-state index contributed by atoms with van der Waals surface area (Å²) in [7, 11) is 0. The van der Waals surface area contributed by atoms with Crippen LogP contribution < -0.4 is 5.32 Å². The lowest BCUT2D eigenvalue weighted by atomic mass is 10.1. The van der Waals surface area contributed by atoms with Crippen LogP contribution in [-0.2, 0) is 6.42 Å². The molecule has 0 atom stereocenters. The van der Waals surface area contributed by atoms with E-state index >= 15 is 0 Å². The first-order chi connectivity index (χ1) is 14.1. The van der Waals surface area contributed by atoms with Crippen LogP contribution in [-0.4, -0.2) is 34.2 Å². The van der Waals surface area contributed by atoms with Crippen LogP contribution in [0.15, 0.2) is 72.9 Å². The first kappa shape index (κ1) is 18.6. The summed E-state index contributed by atoms with van der Waals surface area (Å²) in [5.41, 5.74) is 2.08. The number of hydrogen-bond donors (Lipinski definition) is 1. The second-order valence-electron chi connectivity index (χ2n) is 6.78. The van der Waals surface area contributed by atoms with E-state index in [-0.39, 0.29) is 23.3 Å². The third kappa shape index (κ3) is 3.91. The lowest BCUT2D eigenvalue weighted by Crippen LogP contribution is -2.31. The van der Waals surface area contributed by atoms with Gasteiger partial charge in [0, 0.05) is 18.3 Å². The summed E-state index contributed by atoms with van der Waals surface area (Å²) < 4.78 is 0. The van der Waals surface area contributed by atoms with E-state index in [9.17, 15) is 14.4 Å². The van der Waals surface area contributed by atoms with Gasteiger partial charge in [-0.15, -0.1) is 0 Å². The van der Waals surface area contributed by atoms with Gasteiger partial charge in [-0.1, -0.05) is 36.4 Å². The number of amides is 3. The molecular formula is C23H19N3O3. The Hall–Kier alpha value is -3.80. The number of pyridine rings is 1. The minimum atomic E-state index is -0.380. The molecule has 2 heterocycles. The van der Waals surface area contributed by atoms with Gasteiger partial charge >= 0.3 is 0 Å². The average molecular weight is 385 g/mol. The predicted octanol–water partition coefficient (Wildman–Crippen LogP) is 3.56. The third-order valence-corrected chi connectivity index (χ3v) is 4.83. The SMILES string of the molecule is O=C(Nc1ccccn1)c1ccc2c(c1)C(=O)N(CCCc1ccccc1)C2=O. The van der Waals surface area contributed by atoms with Crippen molar-refractivity contribution in [2.24, 2.45) is 0 Å². The molecule has 0 saturated carbocycles. The molecule has 3 aromatic rings. The summed E-state index contributed by atoms with van der Waals surface area (Å²) in [6, 6.07) is 19.7. The van der Waals surface area contributed by atoms with E-state index in [0.717, 1.165) is 12.0 Å². The van der Waals surface area contributed by atoms with Gasteiger partial charge in [0.2, 0.25) is 0 Å². The van der Waals surface area contributed by atoms with E-state index in [1.807, 2.05) is 30.3 Å². The smallest absolute Gasteiger partial charge is 0.261 e. The highest BCUT2D eigenvalue weighted by atomic mass is 16.2. The molecule has 0 aliphatic carbocycles. The molecule has 1 N–H and O–H groups in total. The highest BCUT2D eigenvalue weighted by Crippen LogP contribution is 2.25. The van der Waals surface area contributed by atoms with Crippen LogP contribution in [0.1, 0.15) is 43.1 Å². The molecule has 0 spiro atoms. The van der Waals surface area contributed by atoms with Crippen LogP contribution in [0.5, 0.6) is 0 Å². The molecule has 1 aliphatic rings. The lowest BCUT2D eigenvalue weighted by Gasteiger charge is -2.13. The zero-order valence-corrected chi connectivity index (χ0v) is 15.7. The second-order valence-corrected chi connectivity index (χ2v) is 6.78. The summed E-state index contributed by atoms with van der Waals surface area (Å²) in [4.78, 5) is 43.1. The highest BCUT2D eigenvalue weighted by Gasteiger charge is 2.35. The van der Waals surface area contributed by atoms with Crippen LogP contribution in [0.2, 0.25) is 0 Å². The van der Waals surface area contributed by atoms with Crippen LogP contribution >= 0.6 is 0 Å². The van der Waals surface area contributed by atoms with E-state index in [0.29, 0.717) is 29.9 Å². The number of carbonyl (C=O) groups is 3. The molecule has 6 nitrogen and oxygen atoms in total. The fraction of sp³-hybridized carbons (Fsp3) is 0.130. The van der Waals surface area contributed by atoms with E-state index in [2.05, 4.69) is 10.3 Å². The first-order valence-corrected chi connectivity index (χ1v) is 9.40. The Morgan fingerprint density at radius 2 is 1.66 bits per heavy atom. The monoisotopic (exact) mass is 385 g/mol. The molecule has 3 amide bonds. The molecule has 0 fully saturated rings. The van der Waals surface area contributed by atoms with Gasteiger partial charge in [0.1, 0.15) is 5.82 Å². The minimum Gasteiger partial charge on any atom is -0.307 e. The van der Waals surface area contributed by atoms with Gasteiger partial charge in [-0.05, 0) is 48.7 Å². The number of aromatic nitrogens is 1. The molecule has 1 aromatic heterocycles. The number of rotatable bonds is 6. The summed E-state index contributed by atoms with van der Waals surface area (Å²) in [6.07, 6.45) is 3.04. The number of anilines is 1. The summed E-state index contributed by atoms with van der Waals surface area (Å²) in [6.45, 7) is 0.344. The van der Waals surface area contributed by atoms with Crippen LogP contribution in [0, 0.1) is 0 Å². The summed E-state index contributed by atoms with van der Waals surface area (Å²) >= 11 is 0. The molecule has 2 aromatic carbocycles. The molecule has 0 bridgehead atoms. The quantitative estimate of drug-likeness (QED) is 0.658. The zero-order chi connectivity index (χ0) is 20.2. The Morgan fingerprint density at radius 3 is 2.41 bits per heavy atom. The van der Waals surface area contributed by atoms with Crippen molar-refractivity contribution in [3.63, 3.8) is 0 Å². The maximum absolute atomic E-state index is 12.7. The maximum Gasteiger partial charge on any atom is 0.261 e. The van der Waals surface area contributed by atoms with Gasteiger partial charge in [-0.2, -0.15) is 0 Å². The topological polar surface area (TPSA) is 79.4 Å². The number of nitrogens with one attached hydrogen (secondary N) is 1. The molecule has 4 rings (SSSR count). The highest BCUT2D eigenvalue weighted by molar-refractivity contribution is 6.22. The van der Waals surface area contributed by atoms with Crippen molar-refractivity contribution in [1.82, 2.24) is 9.88 Å². The largest absolute Gasteiger partial charge is 0.307 e. The molecular weight excluding hydrogens is 366 g/mol. The number of fused-ring (bicyclic) bond motifs is 1. The van der Waals surface area contributed by atoms with Crippen LogP contribution in [0.3, 0.4) is 0 Å². The summed E-state index contributed by atoms with van der Waals surface area (Å²) in [5, 5.41) is 2.68. The number of hydrogen-bond acceptors (Lipinski definition) is 4. The molecule has 144 valence electrons. The Kier molecular flexibility index (Phi) is 5.16. The van der Waals surface area contributed by atoms with Gasteiger partial charge in [0.25, 0.3) is 17.7 Å². The number of carbonyl (C=O) groups excluding carboxylic acids is 3. The maximum atomic E-state index is 12.7. The van der Waals surface area contributed by atoms with Crippen molar-refractivity contribution < 1.29 is 14.4 Å². The molecule has 1 aliphatic heterocycles. The standard InChI is InChI=1S/C23H19N3O3/c27-21(25-20-10-4-5-13-24-20)17-11-12-18-19(15-17)23(29)26(22(18)28)14-6-9-16-7-2-1-3-8-16/h1-5,7-8,10-13,15H,6,9,14H2,(H,24,25,27). The minimum absolute atomic E-state index is 0.267. The number of imide groups is 1. The van der Waals surface area contributed by atoms with E-state index in [1.54, 1.807) is 36.5 Å². The first-order valence-electron chi connectivity index (χ1n) is 9.40. The second kappa shape index (κ2) is 8.06. The van der Waals surface area contributed by atoms with Gasteiger partial charge in [0.05, 0.1) is 11.1 Å². The molecule has 0 saturated heterocycles. The van der Waals surface area contributed by atoms with E-state index in [4.69, 9.17) is 0 Å². The average Bonchev–Trinajstić information content (AvgIpc) is 2.99. The van der Waals surface area contributed by atoms with Crippen molar-refractivity contribution in [1.29, 1.82) is 0 Å². The normalized spacial score (nSPS) is 12.8. The summed E-state index contributed by atoms with van der Waals surface area (Å²) in [5.74, 6) is -0.627. The van der Waals surface area contributed by atoms with Gasteiger partial charge < -0.3 is 5.32 Å². The van der Waals surface area contributed by atoms with E-state index < -0.39 is 0 Å². The Balaban J connectivity index is 1.45. The Morgan fingerprint density at radius 1 is 0.897 bits per heavy atom. The van der Waals surface area contributed by atoms with Gasteiger partial charge in [-0.25, -0.2) is 4.98 Å². The van der Waals surface area contributed by atoms with Crippen molar-refractivity contribution in [2.45, 2.75) is 12.8 Å². The van der Waals surface area contributed by atoms with Crippen molar-refractivity contribution >= 4 is 23.5 Å². The van der Waals surface area contributed by atoms with Crippen LogP contribution in [0.25, 0.3) is 0 Å². The van der Waals surface area contributed by atoms with Crippen molar-refractivity contribution in [3.8, 4) is 0 Å². The third-order valence-electron chi connectivity index (χ3n) is 4.83. The predicted molar refractivity (Wildman–Crippen MR) is 109 cm³/mol. The zero-order valence-electron chi connectivity index (χ0n) is 15.7. The molecule has 29 heavy (non-hydrogen) atoms. The van der Waals surface area contributed by atoms with E-state index in [1.165, 1.54) is 11.0 Å². The number of nitrogens with zero attached hydrogens (tertiary/aromatic N) is 2. The van der Waals surface area contributed by atoms with Crippen LogP contribution in [0.4, 0.5) is 5.82 Å². The molecule has 0 radical (unpaired) electrons. The molecule has 0 unspecified atom stereocenters. The number of benzene rings is 2. The lowest BCUT2D eigenvalue weighted by molar-refractivity contribution is 0.0652. The van der Waals surface area contributed by atoms with Gasteiger partial charge in [0.15, 0.2) is 0 Å².